The highest BCUT2D eigenvalue weighted by Gasteiger charge is 2.20. The van der Waals surface area contributed by atoms with Crippen LogP contribution in [0.3, 0.4) is 0 Å². The van der Waals surface area contributed by atoms with Crippen molar-refractivity contribution in [1.29, 1.82) is 0 Å². The van der Waals surface area contributed by atoms with Crippen LogP contribution in [0.5, 0.6) is 0 Å². The summed E-state index contributed by atoms with van der Waals surface area (Å²) in [6.07, 6.45) is 5.26. The monoisotopic (exact) mass is 378 g/mol. The van der Waals surface area contributed by atoms with Crippen LogP contribution in [0, 0.1) is 12.8 Å². The molecule has 4 aromatic rings. The Bertz CT molecular complexity index is 1100. The first-order valence-electron chi connectivity index (χ1n) is 9.16. The lowest BCUT2D eigenvalue weighted by molar-refractivity contribution is 0.0948. The molecule has 0 spiro atoms. The van der Waals surface area contributed by atoms with Crippen molar-refractivity contribution in [3.05, 3.63) is 54.2 Å². The molecule has 144 valence electrons. The molecule has 0 aromatic carbocycles. The number of amides is 1. The van der Waals surface area contributed by atoms with Crippen molar-refractivity contribution in [3.8, 4) is 11.5 Å². The van der Waals surface area contributed by atoms with E-state index in [1.54, 1.807) is 29.3 Å². The minimum atomic E-state index is -0.149. The molecule has 1 amide bonds. The second-order valence-corrected chi connectivity index (χ2v) is 6.98. The molecule has 4 rings (SSSR count). The number of carbonyl (C=O) groups excluding carboxylic acids is 1. The summed E-state index contributed by atoms with van der Waals surface area (Å²) in [6, 6.07) is 7.28. The van der Waals surface area contributed by atoms with Crippen molar-refractivity contribution in [1.82, 2.24) is 29.9 Å². The number of pyridine rings is 1. The predicted molar refractivity (Wildman–Crippen MR) is 105 cm³/mol. The molecule has 0 aliphatic heterocycles. The molecule has 1 atom stereocenters. The summed E-state index contributed by atoms with van der Waals surface area (Å²) in [5.74, 6) is 0.700. The van der Waals surface area contributed by atoms with Crippen molar-refractivity contribution in [2.75, 3.05) is 6.54 Å². The molecule has 0 bridgehead atoms. The van der Waals surface area contributed by atoms with Crippen LogP contribution in [0.2, 0.25) is 0 Å². The number of aromatic nitrogens is 5. The molecule has 0 unspecified atom stereocenters. The third-order valence-corrected chi connectivity index (χ3v) is 4.66. The van der Waals surface area contributed by atoms with Gasteiger partial charge in [-0.15, -0.1) is 0 Å². The molecular weight excluding hydrogens is 356 g/mol. The molecule has 1 N–H and O–H groups in total. The molecule has 0 aliphatic carbocycles. The largest absolute Gasteiger partial charge is 0.463 e. The van der Waals surface area contributed by atoms with Gasteiger partial charge in [-0.2, -0.15) is 10.2 Å². The molecule has 0 aliphatic rings. The summed E-state index contributed by atoms with van der Waals surface area (Å²) in [7, 11) is 1.82. The van der Waals surface area contributed by atoms with E-state index in [0.29, 0.717) is 29.2 Å². The van der Waals surface area contributed by atoms with Gasteiger partial charge in [-0.1, -0.05) is 6.92 Å². The Labute approximate surface area is 162 Å². The zero-order valence-corrected chi connectivity index (χ0v) is 16.1. The van der Waals surface area contributed by atoms with Crippen LogP contribution in [-0.2, 0) is 13.6 Å². The topological polar surface area (TPSA) is 90.8 Å². The Hall–Kier alpha value is -3.42. The SMILES string of the molecule is Cc1nn(C)c2nc(-c3ccco3)cc(C(=O)NC[C@@H](C)Cn3cccn3)c12. The van der Waals surface area contributed by atoms with Crippen LogP contribution in [0.15, 0.2) is 47.3 Å². The maximum Gasteiger partial charge on any atom is 0.252 e. The van der Waals surface area contributed by atoms with Gasteiger partial charge in [0.15, 0.2) is 11.4 Å². The first-order chi connectivity index (χ1) is 13.5. The van der Waals surface area contributed by atoms with E-state index in [1.165, 1.54) is 0 Å². The highest BCUT2D eigenvalue weighted by atomic mass is 16.3. The van der Waals surface area contributed by atoms with E-state index in [2.05, 4.69) is 27.4 Å². The summed E-state index contributed by atoms with van der Waals surface area (Å²) >= 11 is 0. The fraction of sp³-hybridized carbons (Fsp3) is 0.300. The highest BCUT2D eigenvalue weighted by molar-refractivity contribution is 6.07. The van der Waals surface area contributed by atoms with Gasteiger partial charge in [-0.05, 0) is 37.1 Å². The van der Waals surface area contributed by atoms with Crippen molar-refractivity contribution >= 4 is 16.9 Å². The van der Waals surface area contributed by atoms with Crippen LogP contribution < -0.4 is 5.32 Å². The molecular formula is C20H22N6O2. The maximum absolute atomic E-state index is 13.0. The maximum atomic E-state index is 13.0. The predicted octanol–water partition coefficient (Wildman–Crippen LogP) is 2.80. The lowest BCUT2D eigenvalue weighted by atomic mass is 10.1. The zero-order valence-electron chi connectivity index (χ0n) is 16.1. The summed E-state index contributed by atoms with van der Waals surface area (Å²) in [5, 5.41) is 12.4. The normalized spacial score (nSPS) is 12.4. The van der Waals surface area contributed by atoms with Crippen LogP contribution in [0.25, 0.3) is 22.5 Å². The smallest absolute Gasteiger partial charge is 0.252 e. The van der Waals surface area contributed by atoms with Crippen molar-refractivity contribution in [3.63, 3.8) is 0 Å². The molecule has 8 heteroatoms. The molecule has 28 heavy (non-hydrogen) atoms. The molecule has 0 saturated carbocycles. The molecule has 4 aromatic heterocycles. The minimum Gasteiger partial charge on any atom is -0.463 e. The lowest BCUT2D eigenvalue weighted by Gasteiger charge is -2.13. The van der Waals surface area contributed by atoms with Gasteiger partial charge in [0.1, 0.15) is 5.69 Å². The molecule has 8 nitrogen and oxygen atoms in total. The number of furan rings is 1. The Morgan fingerprint density at radius 1 is 1.36 bits per heavy atom. The van der Waals surface area contributed by atoms with Crippen molar-refractivity contribution in [2.45, 2.75) is 20.4 Å². The number of fused-ring (bicyclic) bond motifs is 1. The quantitative estimate of drug-likeness (QED) is 0.557. The van der Waals surface area contributed by atoms with E-state index in [-0.39, 0.29) is 11.8 Å². The number of nitrogens with zero attached hydrogens (tertiary/aromatic N) is 5. The third-order valence-electron chi connectivity index (χ3n) is 4.66. The van der Waals surface area contributed by atoms with Gasteiger partial charge in [-0.3, -0.25) is 14.2 Å². The first-order valence-corrected chi connectivity index (χ1v) is 9.16. The first kappa shape index (κ1) is 18.0. The second-order valence-electron chi connectivity index (χ2n) is 6.98. The highest BCUT2D eigenvalue weighted by Crippen LogP contribution is 2.27. The van der Waals surface area contributed by atoms with E-state index in [9.17, 15) is 4.79 Å². The molecule has 0 radical (unpaired) electrons. The summed E-state index contributed by atoms with van der Waals surface area (Å²) < 4.78 is 9.02. The summed E-state index contributed by atoms with van der Waals surface area (Å²) in [6.45, 7) is 5.24. The zero-order chi connectivity index (χ0) is 19.7. The molecule has 0 fully saturated rings. The van der Waals surface area contributed by atoms with Gasteiger partial charge < -0.3 is 9.73 Å². The number of hydrogen-bond acceptors (Lipinski definition) is 5. The van der Waals surface area contributed by atoms with E-state index < -0.39 is 0 Å². The summed E-state index contributed by atoms with van der Waals surface area (Å²) in [4.78, 5) is 17.7. The molecule has 4 heterocycles. The van der Waals surface area contributed by atoms with Crippen LogP contribution in [0.1, 0.15) is 23.0 Å². The van der Waals surface area contributed by atoms with Gasteiger partial charge in [0, 0.05) is 32.5 Å². The van der Waals surface area contributed by atoms with Crippen LogP contribution in [0.4, 0.5) is 0 Å². The van der Waals surface area contributed by atoms with Crippen molar-refractivity contribution < 1.29 is 9.21 Å². The number of rotatable bonds is 6. The number of nitrogens with one attached hydrogen (secondary N) is 1. The van der Waals surface area contributed by atoms with Crippen molar-refractivity contribution in [2.24, 2.45) is 13.0 Å². The Balaban J connectivity index is 1.62. The van der Waals surface area contributed by atoms with Crippen LogP contribution >= 0.6 is 0 Å². The van der Waals surface area contributed by atoms with Crippen LogP contribution in [-0.4, -0.2) is 37.0 Å². The fourth-order valence-electron chi connectivity index (χ4n) is 3.33. The standard InChI is InChI=1S/C20H22N6O2/c1-13(12-26-8-5-7-22-26)11-21-20(27)15-10-16(17-6-4-9-28-17)23-19-18(15)14(2)24-25(19)3/h4-10,13H,11-12H2,1-3H3,(H,21,27)/t13-/m1/s1. The van der Waals surface area contributed by atoms with Gasteiger partial charge in [0.05, 0.1) is 22.9 Å². The van der Waals surface area contributed by atoms with E-state index in [0.717, 1.165) is 17.6 Å². The minimum absolute atomic E-state index is 0.149. The second kappa shape index (κ2) is 7.30. The Kier molecular flexibility index (Phi) is 4.68. The Morgan fingerprint density at radius 2 is 2.21 bits per heavy atom. The number of aryl methyl sites for hydroxylation is 2. The van der Waals surface area contributed by atoms with Gasteiger partial charge in [0.25, 0.3) is 5.91 Å². The van der Waals surface area contributed by atoms with Gasteiger partial charge in [0.2, 0.25) is 0 Å². The average Bonchev–Trinajstić information content (AvgIpc) is 3.42. The van der Waals surface area contributed by atoms with Gasteiger partial charge >= 0.3 is 0 Å². The van der Waals surface area contributed by atoms with E-state index >= 15 is 0 Å². The number of hydrogen-bond donors (Lipinski definition) is 1. The lowest BCUT2D eigenvalue weighted by Crippen LogP contribution is -2.30. The van der Waals surface area contributed by atoms with E-state index in [1.807, 2.05) is 37.0 Å². The van der Waals surface area contributed by atoms with Gasteiger partial charge in [-0.25, -0.2) is 4.98 Å². The Morgan fingerprint density at radius 3 is 2.93 bits per heavy atom. The van der Waals surface area contributed by atoms with E-state index in [4.69, 9.17) is 4.42 Å². The number of carbonyl (C=O) groups is 1. The average molecular weight is 378 g/mol. The molecule has 0 saturated heterocycles. The fourth-order valence-corrected chi connectivity index (χ4v) is 3.33. The summed E-state index contributed by atoms with van der Waals surface area (Å²) in [5.41, 5.74) is 2.58. The third kappa shape index (κ3) is 3.40.